The summed E-state index contributed by atoms with van der Waals surface area (Å²) in [7, 11) is 0. The lowest BCUT2D eigenvalue weighted by molar-refractivity contribution is 0.102. The van der Waals surface area contributed by atoms with Gasteiger partial charge in [-0.3, -0.25) is 4.79 Å². The molecule has 1 amide bonds. The van der Waals surface area contributed by atoms with Crippen molar-refractivity contribution in [1.29, 1.82) is 0 Å². The standard InChI is InChI=1S/C19H18N2O2/c1-2-23-18-10-8-16(9-11-18)20-19(22)15-6-5-7-17(14-15)21-12-3-4-13-21/h3-14H,2H2,1H3,(H,20,22). The van der Waals surface area contributed by atoms with Gasteiger partial charge in [0.05, 0.1) is 6.61 Å². The first-order valence-corrected chi connectivity index (χ1v) is 7.54. The minimum atomic E-state index is -0.136. The number of carbonyl (C=O) groups excluding carboxylic acids is 1. The van der Waals surface area contributed by atoms with Gasteiger partial charge in [-0.1, -0.05) is 6.07 Å². The Morgan fingerprint density at radius 1 is 1.04 bits per heavy atom. The zero-order chi connectivity index (χ0) is 16.1. The normalized spacial score (nSPS) is 10.3. The van der Waals surface area contributed by atoms with Gasteiger partial charge in [0.15, 0.2) is 0 Å². The third-order valence-corrected chi connectivity index (χ3v) is 3.43. The second kappa shape index (κ2) is 6.83. The molecule has 116 valence electrons. The van der Waals surface area contributed by atoms with Gasteiger partial charge in [0.2, 0.25) is 0 Å². The minimum absolute atomic E-state index is 0.136. The van der Waals surface area contributed by atoms with Crippen molar-refractivity contribution in [2.24, 2.45) is 0 Å². The van der Waals surface area contributed by atoms with Crippen LogP contribution in [0.3, 0.4) is 0 Å². The molecule has 3 aromatic rings. The molecule has 0 aliphatic carbocycles. The van der Waals surface area contributed by atoms with Crippen LogP contribution in [0.25, 0.3) is 5.69 Å². The van der Waals surface area contributed by atoms with Crippen LogP contribution in [0.4, 0.5) is 5.69 Å². The Labute approximate surface area is 135 Å². The van der Waals surface area contributed by atoms with Crippen LogP contribution in [0.5, 0.6) is 5.75 Å². The SMILES string of the molecule is CCOc1ccc(NC(=O)c2cccc(-n3cccc3)c2)cc1. The van der Waals surface area contributed by atoms with E-state index in [1.165, 1.54) is 0 Å². The highest BCUT2D eigenvalue weighted by Gasteiger charge is 2.07. The van der Waals surface area contributed by atoms with Crippen LogP contribution in [-0.4, -0.2) is 17.1 Å². The molecule has 1 aromatic heterocycles. The Morgan fingerprint density at radius 2 is 1.78 bits per heavy atom. The summed E-state index contributed by atoms with van der Waals surface area (Å²) in [6, 6.07) is 18.8. The van der Waals surface area contributed by atoms with E-state index in [1.54, 1.807) is 6.07 Å². The number of nitrogens with one attached hydrogen (secondary N) is 1. The third-order valence-electron chi connectivity index (χ3n) is 3.43. The molecule has 0 spiro atoms. The number of carbonyl (C=O) groups is 1. The van der Waals surface area contributed by atoms with E-state index in [4.69, 9.17) is 4.74 Å². The van der Waals surface area contributed by atoms with Crippen molar-refractivity contribution in [3.8, 4) is 11.4 Å². The maximum atomic E-state index is 12.4. The van der Waals surface area contributed by atoms with Gasteiger partial charge in [0.25, 0.3) is 5.91 Å². The predicted octanol–water partition coefficient (Wildman–Crippen LogP) is 4.13. The molecule has 0 unspecified atom stereocenters. The van der Waals surface area contributed by atoms with E-state index < -0.39 is 0 Å². The lowest BCUT2D eigenvalue weighted by Gasteiger charge is -2.09. The molecule has 0 saturated carbocycles. The Morgan fingerprint density at radius 3 is 2.48 bits per heavy atom. The van der Waals surface area contributed by atoms with E-state index in [0.29, 0.717) is 12.2 Å². The predicted molar refractivity (Wildman–Crippen MR) is 91.3 cm³/mol. The number of aromatic nitrogens is 1. The monoisotopic (exact) mass is 306 g/mol. The average molecular weight is 306 g/mol. The Bertz CT molecular complexity index is 777. The molecule has 0 saturated heterocycles. The topological polar surface area (TPSA) is 43.3 Å². The van der Waals surface area contributed by atoms with Gasteiger partial charge in [-0.2, -0.15) is 0 Å². The van der Waals surface area contributed by atoms with E-state index in [1.807, 2.05) is 78.5 Å². The molecule has 1 heterocycles. The Balaban J connectivity index is 1.74. The molecule has 0 fully saturated rings. The van der Waals surface area contributed by atoms with Crippen LogP contribution in [0.15, 0.2) is 73.1 Å². The van der Waals surface area contributed by atoms with E-state index in [2.05, 4.69) is 5.32 Å². The van der Waals surface area contributed by atoms with Gasteiger partial charge < -0.3 is 14.6 Å². The number of ether oxygens (including phenoxy) is 1. The van der Waals surface area contributed by atoms with Crippen molar-refractivity contribution in [1.82, 2.24) is 4.57 Å². The van der Waals surface area contributed by atoms with Crippen molar-refractivity contribution >= 4 is 11.6 Å². The molecule has 0 atom stereocenters. The summed E-state index contributed by atoms with van der Waals surface area (Å²) in [5.74, 6) is 0.656. The highest BCUT2D eigenvalue weighted by molar-refractivity contribution is 6.04. The van der Waals surface area contributed by atoms with Gasteiger partial charge in [-0.15, -0.1) is 0 Å². The van der Waals surface area contributed by atoms with Gasteiger partial charge in [0.1, 0.15) is 5.75 Å². The van der Waals surface area contributed by atoms with Crippen molar-refractivity contribution in [3.63, 3.8) is 0 Å². The first-order valence-electron chi connectivity index (χ1n) is 7.54. The second-order valence-corrected chi connectivity index (χ2v) is 5.05. The third kappa shape index (κ3) is 3.61. The van der Waals surface area contributed by atoms with Crippen LogP contribution in [0.2, 0.25) is 0 Å². The highest BCUT2D eigenvalue weighted by atomic mass is 16.5. The van der Waals surface area contributed by atoms with Crippen LogP contribution in [0.1, 0.15) is 17.3 Å². The first kappa shape index (κ1) is 14.9. The molecule has 4 heteroatoms. The minimum Gasteiger partial charge on any atom is -0.494 e. The molecule has 2 aromatic carbocycles. The quantitative estimate of drug-likeness (QED) is 0.770. The van der Waals surface area contributed by atoms with Gasteiger partial charge in [-0.25, -0.2) is 0 Å². The zero-order valence-electron chi connectivity index (χ0n) is 12.9. The van der Waals surface area contributed by atoms with Crippen LogP contribution >= 0.6 is 0 Å². The summed E-state index contributed by atoms with van der Waals surface area (Å²) in [4.78, 5) is 12.4. The van der Waals surface area contributed by atoms with Gasteiger partial charge in [0, 0.05) is 29.3 Å². The number of anilines is 1. The Hall–Kier alpha value is -3.01. The number of amides is 1. The molecule has 0 radical (unpaired) electrons. The largest absolute Gasteiger partial charge is 0.494 e. The number of rotatable bonds is 5. The molecular formula is C19H18N2O2. The maximum absolute atomic E-state index is 12.4. The highest BCUT2D eigenvalue weighted by Crippen LogP contribution is 2.17. The molecule has 0 bridgehead atoms. The fourth-order valence-corrected chi connectivity index (χ4v) is 2.32. The van der Waals surface area contributed by atoms with Gasteiger partial charge >= 0.3 is 0 Å². The summed E-state index contributed by atoms with van der Waals surface area (Å²) in [6.07, 6.45) is 3.90. The number of nitrogens with zero attached hydrogens (tertiary/aromatic N) is 1. The summed E-state index contributed by atoms with van der Waals surface area (Å²) in [6.45, 7) is 2.56. The number of benzene rings is 2. The smallest absolute Gasteiger partial charge is 0.255 e. The summed E-state index contributed by atoms with van der Waals surface area (Å²) in [5, 5.41) is 2.90. The fourth-order valence-electron chi connectivity index (χ4n) is 2.32. The number of hydrogen-bond donors (Lipinski definition) is 1. The average Bonchev–Trinajstić information content (AvgIpc) is 3.12. The van der Waals surface area contributed by atoms with E-state index in [0.717, 1.165) is 17.1 Å². The maximum Gasteiger partial charge on any atom is 0.255 e. The lowest BCUT2D eigenvalue weighted by atomic mass is 10.2. The second-order valence-electron chi connectivity index (χ2n) is 5.05. The molecule has 0 aliphatic heterocycles. The fraction of sp³-hybridized carbons (Fsp3) is 0.105. The van der Waals surface area contributed by atoms with Crippen LogP contribution in [0, 0.1) is 0 Å². The summed E-state index contributed by atoms with van der Waals surface area (Å²) >= 11 is 0. The van der Waals surface area contributed by atoms with Crippen molar-refractivity contribution in [2.75, 3.05) is 11.9 Å². The lowest BCUT2D eigenvalue weighted by Crippen LogP contribution is -2.12. The van der Waals surface area contributed by atoms with Crippen LogP contribution in [-0.2, 0) is 0 Å². The summed E-state index contributed by atoms with van der Waals surface area (Å²) in [5.41, 5.74) is 2.31. The molecule has 3 rings (SSSR count). The molecule has 1 N–H and O–H groups in total. The van der Waals surface area contributed by atoms with Crippen molar-refractivity contribution in [2.45, 2.75) is 6.92 Å². The van der Waals surface area contributed by atoms with Gasteiger partial charge in [-0.05, 0) is 61.5 Å². The van der Waals surface area contributed by atoms with Crippen molar-refractivity contribution in [3.05, 3.63) is 78.6 Å². The van der Waals surface area contributed by atoms with E-state index in [-0.39, 0.29) is 5.91 Å². The molecule has 0 aliphatic rings. The molecule has 4 nitrogen and oxygen atoms in total. The first-order chi connectivity index (χ1) is 11.3. The van der Waals surface area contributed by atoms with Crippen molar-refractivity contribution < 1.29 is 9.53 Å². The number of hydrogen-bond acceptors (Lipinski definition) is 2. The zero-order valence-corrected chi connectivity index (χ0v) is 12.9. The summed E-state index contributed by atoms with van der Waals surface area (Å²) < 4.78 is 7.36. The molecule has 23 heavy (non-hydrogen) atoms. The van der Waals surface area contributed by atoms with E-state index >= 15 is 0 Å². The Kier molecular flexibility index (Phi) is 4.43. The van der Waals surface area contributed by atoms with Crippen LogP contribution < -0.4 is 10.1 Å². The van der Waals surface area contributed by atoms with E-state index in [9.17, 15) is 4.79 Å². The molecular weight excluding hydrogens is 288 g/mol.